The standard InChI is InChI=1S/C37H75N2O6P/c1-6-8-10-12-14-16-17-18-19-20-21-23-24-26-28-30-36(40)35(34-45-46(42,43)44-33-32-39(3,4)5)38-37(41)31-29-27-25-22-15-13-11-9-7-2/h28,30,35-36,40H,6-27,29,31-34H2,1-5H3,(H-,38,41,42,43)/b30-28+/t35-,36+/m0/s1. The molecule has 3 atom stereocenters. The van der Waals surface area contributed by atoms with E-state index >= 15 is 0 Å². The van der Waals surface area contributed by atoms with Crippen LogP contribution in [-0.4, -0.2) is 68.5 Å². The minimum atomic E-state index is -4.57. The zero-order valence-corrected chi connectivity index (χ0v) is 31.7. The predicted molar refractivity (Wildman–Crippen MR) is 192 cm³/mol. The Balaban J connectivity index is 4.51. The van der Waals surface area contributed by atoms with Crippen molar-refractivity contribution in [1.29, 1.82) is 0 Å². The summed E-state index contributed by atoms with van der Waals surface area (Å²) in [7, 11) is 1.26. The molecule has 274 valence electrons. The third kappa shape index (κ3) is 31.8. The number of amides is 1. The minimum absolute atomic E-state index is 0.00148. The lowest BCUT2D eigenvalue weighted by atomic mass is 10.0. The van der Waals surface area contributed by atoms with Crippen LogP contribution in [0.25, 0.3) is 0 Å². The molecule has 0 saturated carbocycles. The molecule has 0 spiro atoms. The molecule has 0 fully saturated rings. The lowest BCUT2D eigenvalue weighted by Gasteiger charge is -2.29. The number of aliphatic hydroxyl groups excluding tert-OH is 1. The SMILES string of the molecule is CCCCCCCCCCCCCCC/C=C/[C@@H](O)[C@H](COP(=O)([O-])OCC[N+](C)(C)C)NC(=O)CCCCCCCCCCC. The lowest BCUT2D eigenvalue weighted by Crippen LogP contribution is -2.45. The highest BCUT2D eigenvalue weighted by Gasteiger charge is 2.23. The van der Waals surface area contributed by atoms with E-state index in [1.807, 2.05) is 27.2 Å². The molecule has 9 heteroatoms. The first-order valence-electron chi connectivity index (χ1n) is 19.1. The Bertz CT molecular complexity index is 773. The van der Waals surface area contributed by atoms with Crippen LogP contribution in [0.1, 0.15) is 168 Å². The van der Waals surface area contributed by atoms with E-state index in [0.29, 0.717) is 17.4 Å². The van der Waals surface area contributed by atoms with E-state index in [1.54, 1.807) is 6.08 Å². The van der Waals surface area contributed by atoms with Gasteiger partial charge < -0.3 is 28.8 Å². The molecular formula is C37H75N2O6P. The quantitative estimate of drug-likeness (QED) is 0.0305. The van der Waals surface area contributed by atoms with Gasteiger partial charge in [0, 0.05) is 6.42 Å². The molecule has 0 aliphatic heterocycles. The molecule has 8 nitrogen and oxygen atoms in total. The monoisotopic (exact) mass is 675 g/mol. The lowest BCUT2D eigenvalue weighted by molar-refractivity contribution is -0.870. The maximum atomic E-state index is 12.7. The Morgan fingerprint density at radius 1 is 0.739 bits per heavy atom. The number of carbonyl (C=O) groups is 1. The number of nitrogens with zero attached hydrogens (tertiary/aromatic N) is 1. The number of likely N-dealkylation sites (N-methyl/N-ethyl adjacent to an activating group) is 1. The van der Waals surface area contributed by atoms with Crippen LogP contribution in [0.3, 0.4) is 0 Å². The summed E-state index contributed by atoms with van der Waals surface area (Å²) in [5.74, 6) is -0.202. The van der Waals surface area contributed by atoms with Crippen molar-refractivity contribution in [2.45, 2.75) is 180 Å². The molecule has 0 heterocycles. The number of rotatable bonds is 34. The number of unbranched alkanes of at least 4 members (excludes halogenated alkanes) is 21. The van der Waals surface area contributed by atoms with Gasteiger partial charge in [0.25, 0.3) is 7.82 Å². The molecule has 0 aromatic carbocycles. The van der Waals surface area contributed by atoms with Gasteiger partial charge in [-0.3, -0.25) is 9.36 Å². The van der Waals surface area contributed by atoms with Gasteiger partial charge in [-0.1, -0.05) is 154 Å². The third-order valence-corrected chi connectivity index (χ3v) is 9.46. The molecule has 46 heavy (non-hydrogen) atoms. The van der Waals surface area contributed by atoms with Crippen LogP contribution in [0.15, 0.2) is 12.2 Å². The van der Waals surface area contributed by atoms with E-state index < -0.39 is 20.0 Å². The fourth-order valence-electron chi connectivity index (χ4n) is 5.39. The van der Waals surface area contributed by atoms with E-state index in [9.17, 15) is 19.4 Å². The van der Waals surface area contributed by atoms with Crippen molar-refractivity contribution in [2.75, 3.05) is 40.9 Å². The molecule has 0 aliphatic rings. The molecule has 0 aliphatic carbocycles. The average molecular weight is 675 g/mol. The number of hydrogen-bond donors (Lipinski definition) is 2. The first-order chi connectivity index (χ1) is 22.0. The van der Waals surface area contributed by atoms with Gasteiger partial charge in [-0.2, -0.15) is 0 Å². The summed E-state index contributed by atoms with van der Waals surface area (Å²) in [6, 6.07) is -0.877. The van der Waals surface area contributed by atoms with Gasteiger partial charge in [-0.15, -0.1) is 0 Å². The van der Waals surface area contributed by atoms with Crippen LogP contribution in [0.5, 0.6) is 0 Å². The van der Waals surface area contributed by atoms with Gasteiger partial charge in [-0.25, -0.2) is 0 Å². The molecule has 2 N–H and O–H groups in total. The second kappa shape index (κ2) is 30.3. The Kier molecular flexibility index (Phi) is 29.8. The first-order valence-corrected chi connectivity index (χ1v) is 20.5. The zero-order valence-electron chi connectivity index (χ0n) is 30.8. The van der Waals surface area contributed by atoms with Crippen molar-refractivity contribution in [3.63, 3.8) is 0 Å². The van der Waals surface area contributed by atoms with Crippen molar-refractivity contribution < 1.29 is 32.9 Å². The van der Waals surface area contributed by atoms with Crippen LogP contribution in [-0.2, 0) is 18.4 Å². The first kappa shape index (κ1) is 45.2. The minimum Gasteiger partial charge on any atom is -0.756 e. The summed E-state index contributed by atoms with van der Waals surface area (Å²) < 4.78 is 23.0. The topological polar surface area (TPSA) is 108 Å². The Morgan fingerprint density at radius 3 is 1.63 bits per heavy atom. The summed E-state index contributed by atoms with van der Waals surface area (Å²) in [4.78, 5) is 25.1. The number of aliphatic hydroxyl groups is 1. The summed E-state index contributed by atoms with van der Waals surface area (Å²) in [5.41, 5.74) is 0. The van der Waals surface area contributed by atoms with Gasteiger partial charge >= 0.3 is 0 Å². The summed E-state index contributed by atoms with van der Waals surface area (Å²) in [6.07, 6.45) is 31.1. The smallest absolute Gasteiger partial charge is 0.268 e. The fourth-order valence-corrected chi connectivity index (χ4v) is 6.11. The van der Waals surface area contributed by atoms with Crippen LogP contribution in [0, 0.1) is 0 Å². The second-order valence-electron chi connectivity index (χ2n) is 14.3. The number of phosphoric ester groups is 1. The molecule has 1 amide bonds. The summed E-state index contributed by atoms with van der Waals surface area (Å²) >= 11 is 0. The summed E-state index contributed by atoms with van der Waals surface area (Å²) in [5, 5.41) is 13.7. The highest BCUT2D eigenvalue weighted by Crippen LogP contribution is 2.38. The van der Waals surface area contributed by atoms with Gasteiger partial charge in [0.15, 0.2) is 0 Å². The average Bonchev–Trinajstić information content (AvgIpc) is 2.99. The van der Waals surface area contributed by atoms with Gasteiger partial charge in [0.2, 0.25) is 5.91 Å². The molecule has 1 unspecified atom stereocenters. The van der Waals surface area contributed by atoms with Gasteiger partial charge in [0.1, 0.15) is 13.2 Å². The van der Waals surface area contributed by atoms with E-state index in [2.05, 4.69) is 19.2 Å². The van der Waals surface area contributed by atoms with Crippen LogP contribution < -0.4 is 10.2 Å². The molecule has 0 rings (SSSR count). The molecule has 0 radical (unpaired) electrons. The molecule has 0 bridgehead atoms. The molecule has 0 saturated heterocycles. The van der Waals surface area contributed by atoms with E-state index in [0.717, 1.165) is 38.5 Å². The van der Waals surface area contributed by atoms with Gasteiger partial charge in [-0.05, 0) is 19.3 Å². The predicted octanol–water partition coefficient (Wildman–Crippen LogP) is 9.00. The molecule has 0 aromatic heterocycles. The maximum Gasteiger partial charge on any atom is 0.268 e. The zero-order chi connectivity index (χ0) is 34.4. The molecule has 0 aromatic rings. The van der Waals surface area contributed by atoms with E-state index in [1.165, 1.54) is 109 Å². The van der Waals surface area contributed by atoms with Crippen molar-refractivity contribution in [3.05, 3.63) is 12.2 Å². The largest absolute Gasteiger partial charge is 0.756 e. The van der Waals surface area contributed by atoms with Gasteiger partial charge in [0.05, 0.1) is 39.9 Å². The second-order valence-corrected chi connectivity index (χ2v) is 15.7. The van der Waals surface area contributed by atoms with Crippen molar-refractivity contribution in [1.82, 2.24) is 5.32 Å². The normalized spacial score (nSPS) is 14.8. The Labute approximate surface area is 284 Å². The van der Waals surface area contributed by atoms with E-state index in [4.69, 9.17) is 9.05 Å². The Morgan fingerprint density at radius 2 is 1.17 bits per heavy atom. The maximum absolute atomic E-state index is 12.7. The van der Waals surface area contributed by atoms with Crippen LogP contribution in [0.2, 0.25) is 0 Å². The number of nitrogens with one attached hydrogen (secondary N) is 1. The van der Waals surface area contributed by atoms with E-state index in [-0.39, 0.29) is 19.1 Å². The Hall–Kier alpha value is -0.760. The fraction of sp³-hybridized carbons (Fsp3) is 0.919. The van der Waals surface area contributed by atoms with Crippen molar-refractivity contribution in [2.24, 2.45) is 0 Å². The van der Waals surface area contributed by atoms with Crippen molar-refractivity contribution in [3.8, 4) is 0 Å². The highest BCUT2D eigenvalue weighted by molar-refractivity contribution is 7.45. The summed E-state index contributed by atoms with van der Waals surface area (Å²) in [6.45, 7) is 4.61. The molecular weight excluding hydrogens is 599 g/mol. The third-order valence-electron chi connectivity index (χ3n) is 8.50. The number of quaternary nitrogens is 1. The number of phosphoric acid groups is 1. The number of carbonyl (C=O) groups excluding carboxylic acids is 1. The van der Waals surface area contributed by atoms with Crippen LogP contribution >= 0.6 is 7.82 Å². The number of allylic oxidation sites excluding steroid dienone is 1. The highest BCUT2D eigenvalue weighted by atomic mass is 31.2. The van der Waals surface area contributed by atoms with Crippen LogP contribution in [0.4, 0.5) is 0 Å². The number of hydrogen-bond acceptors (Lipinski definition) is 6. The van der Waals surface area contributed by atoms with Crippen molar-refractivity contribution >= 4 is 13.7 Å².